The van der Waals surface area contributed by atoms with E-state index in [0.717, 1.165) is 5.56 Å². The van der Waals surface area contributed by atoms with Crippen molar-refractivity contribution in [2.45, 2.75) is 39.7 Å². The van der Waals surface area contributed by atoms with Crippen LogP contribution in [0.4, 0.5) is 11.4 Å². The highest BCUT2D eigenvalue weighted by Crippen LogP contribution is 2.38. The van der Waals surface area contributed by atoms with Crippen LogP contribution in [0.15, 0.2) is 30.3 Å². The van der Waals surface area contributed by atoms with Crippen molar-refractivity contribution in [1.29, 1.82) is 0 Å². The average molecular weight is 356 g/mol. The van der Waals surface area contributed by atoms with E-state index in [9.17, 15) is 4.79 Å². The molecular formula is C20H24N2O4. The summed E-state index contributed by atoms with van der Waals surface area (Å²) in [7, 11) is 0. The lowest BCUT2D eigenvalue weighted by Crippen LogP contribution is -2.30. The first-order chi connectivity index (χ1) is 12.3. The summed E-state index contributed by atoms with van der Waals surface area (Å²) < 4.78 is 16.4. The lowest BCUT2D eigenvalue weighted by atomic mass is 9.98. The molecular weight excluding hydrogens is 332 g/mol. The van der Waals surface area contributed by atoms with Gasteiger partial charge >= 0.3 is 0 Å². The normalized spacial score (nSPS) is 13.6. The monoisotopic (exact) mass is 356 g/mol. The van der Waals surface area contributed by atoms with Crippen LogP contribution in [0.5, 0.6) is 17.2 Å². The summed E-state index contributed by atoms with van der Waals surface area (Å²) in [6.45, 7) is 8.19. The molecule has 26 heavy (non-hydrogen) atoms. The number of rotatable bonds is 5. The average Bonchev–Trinajstić information content (AvgIpc) is 3.01. The van der Waals surface area contributed by atoms with Crippen molar-refractivity contribution in [2.24, 2.45) is 0 Å². The largest absolute Gasteiger partial charge is 0.481 e. The summed E-state index contributed by atoms with van der Waals surface area (Å²) >= 11 is 0. The molecule has 2 aromatic carbocycles. The van der Waals surface area contributed by atoms with Crippen molar-refractivity contribution in [1.82, 2.24) is 0 Å². The second-order valence-corrected chi connectivity index (χ2v) is 6.72. The fourth-order valence-corrected chi connectivity index (χ4v) is 2.93. The molecule has 1 heterocycles. The number of carbonyl (C=O) groups is 1. The summed E-state index contributed by atoms with van der Waals surface area (Å²) in [5.41, 5.74) is 9.26. The summed E-state index contributed by atoms with van der Waals surface area (Å²) in [5.74, 6) is 1.95. The zero-order valence-corrected chi connectivity index (χ0v) is 15.5. The molecule has 0 bridgehead atoms. The molecule has 3 rings (SSSR count). The number of hydrogen-bond donors (Lipinski definition) is 2. The van der Waals surface area contributed by atoms with Gasteiger partial charge in [0, 0.05) is 12.1 Å². The topological polar surface area (TPSA) is 82.8 Å². The Morgan fingerprint density at radius 1 is 1.15 bits per heavy atom. The number of anilines is 2. The van der Waals surface area contributed by atoms with E-state index < -0.39 is 6.10 Å². The highest BCUT2D eigenvalue weighted by molar-refractivity contribution is 5.97. The number of hydrogen-bond acceptors (Lipinski definition) is 5. The highest BCUT2D eigenvalue weighted by atomic mass is 16.7. The van der Waals surface area contributed by atoms with Crippen molar-refractivity contribution in [3.8, 4) is 17.2 Å². The molecule has 0 saturated carbocycles. The van der Waals surface area contributed by atoms with Crippen molar-refractivity contribution in [3.05, 3.63) is 41.5 Å². The highest BCUT2D eigenvalue weighted by Gasteiger charge is 2.20. The van der Waals surface area contributed by atoms with Gasteiger partial charge in [0.1, 0.15) is 5.75 Å². The predicted octanol–water partition coefficient (Wildman–Crippen LogP) is 3.84. The molecule has 6 heteroatoms. The van der Waals surface area contributed by atoms with Crippen LogP contribution in [0.1, 0.15) is 37.8 Å². The van der Waals surface area contributed by atoms with E-state index in [0.29, 0.717) is 34.5 Å². The molecule has 6 nitrogen and oxygen atoms in total. The number of amides is 1. The first kappa shape index (κ1) is 17.9. The maximum Gasteiger partial charge on any atom is 0.265 e. The Morgan fingerprint density at radius 2 is 1.85 bits per heavy atom. The van der Waals surface area contributed by atoms with E-state index >= 15 is 0 Å². The van der Waals surface area contributed by atoms with E-state index in [-0.39, 0.29) is 12.7 Å². The number of aryl methyl sites for hydroxylation is 1. The Kier molecular flexibility index (Phi) is 4.93. The maximum absolute atomic E-state index is 12.5. The Hall–Kier alpha value is -2.89. The van der Waals surface area contributed by atoms with Crippen LogP contribution in [0, 0.1) is 6.92 Å². The van der Waals surface area contributed by atoms with Gasteiger partial charge in [0.05, 0.1) is 11.4 Å². The summed E-state index contributed by atoms with van der Waals surface area (Å²) in [6.07, 6.45) is -0.677. The molecule has 1 aliphatic rings. The molecule has 2 aromatic rings. The number of ether oxygens (including phenoxy) is 3. The fraction of sp³-hybridized carbons (Fsp3) is 0.350. The minimum absolute atomic E-state index is 0.150. The van der Waals surface area contributed by atoms with E-state index in [1.165, 1.54) is 5.56 Å². The van der Waals surface area contributed by atoms with Gasteiger partial charge in [-0.05, 0) is 43.0 Å². The fourth-order valence-electron chi connectivity index (χ4n) is 2.93. The SMILES string of the molecule is Cc1cc(OC(C)C(=O)Nc2cc3c(cc2N)OCO3)ccc1C(C)C. The van der Waals surface area contributed by atoms with Gasteiger partial charge in [-0.25, -0.2) is 0 Å². The van der Waals surface area contributed by atoms with Crippen LogP contribution in [-0.2, 0) is 4.79 Å². The minimum atomic E-state index is -0.677. The van der Waals surface area contributed by atoms with E-state index in [1.54, 1.807) is 19.1 Å². The molecule has 1 amide bonds. The number of carbonyl (C=O) groups excluding carboxylic acids is 1. The van der Waals surface area contributed by atoms with E-state index in [4.69, 9.17) is 19.9 Å². The molecule has 0 saturated heterocycles. The standard InChI is InChI=1S/C20H24N2O4/c1-11(2)15-6-5-14(7-12(15)3)26-13(4)20(23)22-17-9-19-18(8-16(17)21)24-10-25-19/h5-9,11,13H,10,21H2,1-4H3,(H,22,23). The van der Waals surface area contributed by atoms with Gasteiger partial charge in [0.2, 0.25) is 6.79 Å². The molecule has 1 unspecified atom stereocenters. The van der Waals surface area contributed by atoms with Gasteiger partial charge < -0.3 is 25.3 Å². The van der Waals surface area contributed by atoms with Crippen LogP contribution < -0.4 is 25.3 Å². The zero-order valence-electron chi connectivity index (χ0n) is 15.5. The number of benzene rings is 2. The van der Waals surface area contributed by atoms with Crippen LogP contribution in [0.25, 0.3) is 0 Å². The molecule has 0 radical (unpaired) electrons. The second-order valence-electron chi connectivity index (χ2n) is 6.72. The van der Waals surface area contributed by atoms with Gasteiger partial charge in [-0.2, -0.15) is 0 Å². The van der Waals surface area contributed by atoms with Crippen LogP contribution in [0.2, 0.25) is 0 Å². The van der Waals surface area contributed by atoms with E-state index in [1.807, 2.05) is 25.1 Å². The predicted molar refractivity (Wildman–Crippen MR) is 101 cm³/mol. The van der Waals surface area contributed by atoms with E-state index in [2.05, 4.69) is 19.2 Å². The molecule has 0 fully saturated rings. The molecule has 0 aliphatic carbocycles. The van der Waals surface area contributed by atoms with Crippen molar-refractivity contribution in [3.63, 3.8) is 0 Å². The zero-order chi connectivity index (χ0) is 18.8. The Bertz CT molecular complexity index is 833. The van der Waals surface area contributed by atoms with Gasteiger partial charge in [-0.3, -0.25) is 4.79 Å². The van der Waals surface area contributed by atoms with Gasteiger partial charge in [-0.1, -0.05) is 19.9 Å². The second kappa shape index (κ2) is 7.15. The molecule has 1 atom stereocenters. The van der Waals surface area contributed by atoms with Crippen molar-refractivity contribution < 1.29 is 19.0 Å². The molecule has 1 aliphatic heterocycles. The number of nitrogens with one attached hydrogen (secondary N) is 1. The van der Waals surface area contributed by atoms with Gasteiger partial charge in [0.25, 0.3) is 5.91 Å². The summed E-state index contributed by atoms with van der Waals surface area (Å²) in [4.78, 5) is 12.5. The molecule has 138 valence electrons. The Labute approximate surface area is 153 Å². The van der Waals surface area contributed by atoms with Crippen molar-refractivity contribution >= 4 is 17.3 Å². The van der Waals surface area contributed by atoms with Gasteiger partial charge in [0.15, 0.2) is 17.6 Å². The third kappa shape index (κ3) is 3.69. The first-order valence-corrected chi connectivity index (χ1v) is 8.62. The molecule has 0 spiro atoms. The quantitative estimate of drug-likeness (QED) is 0.796. The minimum Gasteiger partial charge on any atom is -0.481 e. The Morgan fingerprint density at radius 3 is 2.50 bits per heavy atom. The summed E-state index contributed by atoms with van der Waals surface area (Å²) in [5, 5.41) is 2.78. The van der Waals surface area contributed by atoms with Crippen LogP contribution in [-0.4, -0.2) is 18.8 Å². The number of nitrogen functional groups attached to an aromatic ring is 1. The van der Waals surface area contributed by atoms with Crippen molar-refractivity contribution in [2.75, 3.05) is 17.8 Å². The molecule has 3 N–H and O–H groups in total. The van der Waals surface area contributed by atoms with Gasteiger partial charge in [-0.15, -0.1) is 0 Å². The summed E-state index contributed by atoms with van der Waals surface area (Å²) in [6, 6.07) is 9.17. The first-order valence-electron chi connectivity index (χ1n) is 8.62. The number of fused-ring (bicyclic) bond motifs is 1. The third-order valence-electron chi connectivity index (χ3n) is 4.35. The third-order valence-corrected chi connectivity index (χ3v) is 4.35. The smallest absolute Gasteiger partial charge is 0.265 e. The number of nitrogens with two attached hydrogens (primary N) is 1. The Balaban J connectivity index is 1.68. The lowest BCUT2D eigenvalue weighted by molar-refractivity contribution is -0.122. The maximum atomic E-state index is 12.5. The molecule has 0 aromatic heterocycles. The van der Waals surface area contributed by atoms with Crippen LogP contribution >= 0.6 is 0 Å². The lowest BCUT2D eigenvalue weighted by Gasteiger charge is -2.17. The van der Waals surface area contributed by atoms with Crippen LogP contribution in [0.3, 0.4) is 0 Å².